The Morgan fingerprint density at radius 3 is 2.65 bits per heavy atom. The van der Waals surface area contributed by atoms with Crippen LogP contribution in [0.5, 0.6) is 0 Å². The average Bonchev–Trinajstić information content (AvgIpc) is 2.44. The van der Waals surface area contributed by atoms with Crippen LogP contribution in [0.1, 0.15) is 24.5 Å². The molecule has 4 nitrogen and oxygen atoms in total. The van der Waals surface area contributed by atoms with Crippen molar-refractivity contribution in [2.45, 2.75) is 19.8 Å². The van der Waals surface area contributed by atoms with Crippen molar-refractivity contribution in [2.75, 3.05) is 6.61 Å². The van der Waals surface area contributed by atoms with Crippen molar-refractivity contribution in [3.63, 3.8) is 0 Å². The maximum absolute atomic E-state index is 11.4. The Hall–Kier alpha value is -2.36. The molecule has 104 valence electrons. The summed E-state index contributed by atoms with van der Waals surface area (Å²) in [6.07, 6.45) is 1.03. The van der Waals surface area contributed by atoms with Crippen LogP contribution in [0.2, 0.25) is 0 Å². The van der Waals surface area contributed by atoms with Gasteiger partial charge in [0.05, 0.1) is 6.61 Å². The number of carbonyl (C=O) groups excluding carboxylic acids is 1. The maximum Gasteiger partial charge on any atom is 0.306 e. The summed E-state index contributed by atoms with van der Waals surface area (Å²) in [7, 11) is 0. The summed E-state index contributed by atoms with van der Waals surface area (Å²) in [5.41, 5.74) is 7.28. The topological polar surface area (TPSA) is 76.2 Å². The summed E-state index contributed by atoms with van der Waals surface area (Å²) in [6.45, 7) is 2.22. The molecular formula is C16H18N2O2. The molecule has 20 heavy (non-hydrogen) atoms. The largest absolute Gasteiger partial charge is 0.466 e. The molecule has 0 fully saturated rings. The molecule has 0 aromatic heterocycles. The normalized spacial score (nSPS) is 10.4. The first kappa shape index (κ1) is 14.1. The molecule has 0 spiro atoms. The Morgan fingerprint density at radius 1 is 1.20 bits per heavy atom. The first-order valence-electron chi connectivity index (χ1n) is 6.63. The van der Waals surface area contributed by atoms with Crippen molar-refractivity contribution in [2.24, 2.45) is 5.73 Å². The second-order valence-corrected chi connectivity index (χ2v) is 4.61. The lowest BCUT2D eigenvalue weighted by atomic mass is 10.0. The number of aryl methyl sites for hydroxylation is 1. The van der Waals surface area contributed by atoms with Gasteiger partial charge in [-0.1, -0.05) is 30.3 Å². The highest BCUT2D eigenvalue weighted by Crippen LogP contribution is 2.19. The van der Waals surface area contributed by atoms with Crippen LogP contribution in [-0.2, 0) is 16.0 Å². The minimum absolute atomic E-state index is 0.0591. The quantitative estimate of drug-likeness (QED) is 0.498. The minimum Gasteiger partial charge on any atom is -0.466 e. The van der Waals surface area contributed by atoms with E-state index in [0.717, 1.165) is 16.3 Å². The number of benzene rings is 2. The fourth-order valence-corrected chi connectivity index (χ4v) is 2.10. The number of hydrogen-bond donors (Lipinski definition) is 2. The van der Waals surface area contributed by atoms with Gasteiger partial charge >= 0.3 is 5.97 Å². The second kappa shape index (κ2) is 6.19. The Labute approximate surface area is 118 Å². The fraction of sp³-hybridized carbons (Fsp3) is 0.250. The van der Waals surface area contributed by atoms with Crippen molar-refractivity contribution >= 4 is 22.6 Å². The highest BCUT2D eigenvalue weighted by molar-refractivity contribution is 5.99. The van der Waals surface area contributed by atoms with E-state index in [-0.39, 0.29) is 11.8 Å². The predicted molar refractivity (Wildman–Crippen MR) is 79.9 cm³/mol. The van der Waals surface area contributed by atoms with Crippen molar-refractivity contribution in [3.05, 3.63) is 47.5 Å². The van der Waals surface area contributed by atoms with E-state index in [9.17, 15) is 4.79 Å². The highest BCUT2D eigenvalue weighted by Gasteiger charge is 2.04. The van der Waals surface area contributed by atoms with Crippen LogP contribution in [0.15, 0.2) is 36.4 Å². The van der Waals surface area contributed by atoms with E-state index in [1.165, 1.54) is 0 Å². The lowest BCUT2D eigenvalue weighted by molar-refractivity contribution is -0.143. The Balaban J connectivity index is 2.19. The van der Waals surface area contributed by atoms with E-state index in [0.29, 0.717) is 25.0 Å². The van der Waals surface area contributed by atoms with Gasteiger partial charge in [-0.3, -0.25) is 10.2 Å². The molecule has 2 aromatic carbocycles. The number of fused-ring (bicyclic) bond motifs is 1. The summed E-state index contributed by atoms with van der Waals surface area (Å²) in [6, 6.07) is 11.7. The summed E-state index contributed by atoms with van der Waals surface area (Å²) in [5, 5.41) is 9.58. The van der Waals surface area contributed by atoms with Gasteiger partial charge in [0.25, 0.3) is 0 Å². The summed E-state index contributed by atoms with van der Waals surface area (Å²) in [5.74, 6) is -0.117. The first-order valence-corrected chi connectivity index (χ1v) is 6.63. The molecule has 4 heteroatoms. The standard InChI is InChI=1S/C16H18N2O2/c1-2-20-15(19)8-4-11-3-5-12-6-7-13(16(17)18)10-14(12)9-11/h3,5-7,9-10H,2,4,8H2,1H3,(H3,17,18). The molecule has 0 bridgehead atoms. The van der Waals surface area contributed by atoms with E-state index < -0.39 is 0 Å². The van der Waals surface area contributed by atoms with Gasteiger partial charge < -0.3 is 10.5 Å². The summed E-state index contributed by atoms with van der Waals surface area (Å²) < 4.78 is 4.92. The number of carbonyl (C=O) groups is 1. The monoisotopic (exact) mass is 270 g/mol. The molecule has 0 amide bonds. The number of ether oxygens (including phenoxy) is 1. The Morgan fingerprint density at radius 2 is 1.95 bits per heavy atom. The van der Waals surface area contributed by atoms with Gasteiger partial charge in [0.15, 0.2) is 0 Å². The smallest absolute Gasteiger partial charge is 0.306 e. The van der Waals surface area contributed by atoms with Crippen LogP contribution >= 0.6 is 0 Å². The molecule has 0 radical (unpaired) electrons. The molecule has 3 N–H and O–H groups in total. The van der Waals surface area contributed by atoms with Crippen molar-refractivity contribution in [3.8, 4) is 0 Å². The van der Waals surface area contributed by atoms with E-state index in [2.05, 4.69) is 0 Å². The minimum atomic E-state index is -0.176. The highest BCUT2D eigenvalue weighted by atomic mass is 16.5. The number of esters is 1. The third-order valence-corrected chi connectivity index (χ3v) is 3.14. The average molecular weight is 270 g/mol. The summed E-state index contributed by atoms with van der Waals surface area (Å²) >= 11 is 0. The molecule has 0 saturated carbocycles. The molecule has 0 heterocycles. The molecule has 2 rings (SSSR count). The van der Waals surface area contributed by atoms with Gasteiger partial charge in [-0.05, 0) is 35.7 Å². The van der Waals surface area contributed by atoms with E-state index in [1.54, 1.807) is 6.92 Å². The van der Waals surface area contributed by atoms with Crippen LogP contribution in [0.3, 0.4) is 0 Å². The molecule has 0 aliphatic heterocycles. The third kappa shape index (κ3) is 3.35. The zero-order chi connectivity index (χ0) is 14.5. The van der Waals surface area contributed by atoms with Crippen molar-refractivity contribution in [1.29, 1.82) is 5.41 Å². The zero-order valence-electron chi connectivity index (χ0n) is 11.5. The molecule has 0 saturated heterocycles. The van der Waals surface area contributed by atoms with Gasteiger partial charge in [-0.2, -0.15) is 0 Å². The van der Waals surface area contributed by atoms with Crippen molar-refractivity contribution in [1.82, 2.24) is 0 Å². The van der Waals surface area contributed by atoms with Gasteiger partial charge in [0, 0.05) is 12.0 Å². The van der Waals surface area contributed by atoms with Crippen LogP contribution in [0.25, 0.3) is 10.8 Å². The maximum atomic E-state index is 11.4. The van der Waals surface area contributed by atoms with E-state index in [4.69, 9.17) is 15.9 Å². The lowest BCUT2D eigenvalue weighted by Gasteiger charge is -2.06. The number of nitrogens with two attached hydrogens (primary N) is 1. The van der Waals surface area contributed by atoms with E-state index in [1.807, 2.05) is 36.4 Å². The molecule has 0 atom stereocenters. The molecule has 0 aliphatic rings. The lowest BCUT2D eigenvalue weighted by Crippen LogP contribution is -2.10. The Kier molecular flexibility index (Phi) is 4.35. The second-order valence-electron chi connectivity index (χ2n) is 4.61. The van der Waals surface area contributed by atoms with Crippen LogP contribution in [-0.4, -0.2) is 18.4 Å². The van der Waals surface area contributed by atoms with Crippen LogP contribution < -0.4 is 5.73 Å². The Bertz CT molecular complexity index is 650. The predicted octanol–water partition coefficient (Wildman–Crippen LogP) is 2.62. The van der Waals surface area contributed by atoms with Gasteiger partial charge in [0.2, 0.25) is 0 Å². The van der Waals surface area contributed by atoms with Gasteiger partial charge in [0.1, 0.15) is 5.84 Å². The molecule has 2 aromatic rings. The van der Waals surface area contributed by atoms with Crippen LogP contribution in [0, 0.1) is 5.41 Å². The molecular weight excluding hydrogens is 252 g/mol. The number of hydrogen-bond acceptors (Lipinski definition) is 3. The molecule has 0 unspecified atom stereocenters. The number of amidine groups is 1. The van der Waals surface area contributed by atoms with Crippen LogP contribution in [0.4, 0.5) is 0 Å². The first-order chi connectivity index (χ1) is 9.60. The van der Waals surface area contributed by atoms with Gasteiger partial charge in [-0.25, -0.2) is 0 Å². The van der Waals surface area contributed by atoms with Crippen molar-refractivity contribution < 1.29 is 9.53 Å². The SMILES string of the molecule is CCOC(=O)CCc1ccc2ccc(C(=N)N)cc2c1. The van der Waals surface area contributed by atoms with Gasteiger partial charge in [-0.15, -0.1) is 0 Å². The summed E-state index contributed by atoms with van der Waals surface area (Å²) in [4.78, 5) is 11.4. The third-order valence-electron chi connectivity index (χ3n) is 3.14. The number of rotatable bonds is 5. The fourth-order valence-electron chi connectivity index (χ4n) is 2.10. The number of nitrogen functional groups attached to an aromatic ring is 1. The number of nitrogens with one attached hydrogen (secondary N) is 1. The van der Waals surface area contributed by atoms with E-state index >= 15 is 0 Å². The molecule has 0 aliphatic carbocycles. The zero-order valence-corrected chi connectivity index (χ0v) is 11.5.